The van der Waals surface area contributed by atoms with Crippen molar-refractivity contribution in [3.8, 4) is 0 Å². The van der Waals surface area contributed by atoms with Crippen LogP contribution in [0.3, 0.4) is 0 Å². The minimum atomic E-state index is 0.412. The molecule has 0 spiro atoms. The molecule has 3 heteroatoms. The second-order valence-corrected chi connectivity index (χ2v) is 4.98. The number of nitrogens with one attached hydrogen (secondary N) is 1. The highest BCUT2D eigenvalue weighted by molar-refractivity contribution is 5.82. The molecule has 1 heterocycles. The molecule has 1 fully saturated rings. The maximum atomic E-state index is 4.72. The van der Waals surface area contributed by atoms with Crippen LogP contribution in [0.4, 0.5) is 0 Å². The predicted molar refractivity (Wildman–Crippen MR) is 69.9 cm³/mol. The van der Waals surface area contributed by atoms with E-state index in [9.17, 15) is 0 Å². The first kappa shape index (κ1) is 10.8. The van der Waals surface area contributed by atoms with Crippen LogP contribution in [0.2, 0.25) is 0 Å². The number of para-hydroxylation sites is 1. The number of hydrogen-bond acceptors (Lipinski definition) is 2. The van der Waals surface area contributed by atoms with Gasteiger partial charge in [-0.3, -0.25) is 4.68 Å². The number of nitrogens with zero attached hydrogens (tertiary/aromatic N) is 2. The van der Waals surface area contributed by atoms with Gasteiger partial charge in [0.15, 0.2) is 0 Å². The van der Waals surface area contributed by atoms with Crippen molar-refractivity contribution < 1.29 is 0 Å². The van der Waals surface area contributed by atoms with E-state index in [1.54, 1.807) is 0 Å². The fourth-order valence-electron chi connectivity index (χ4n) is 2.84. The lowest BCUT2D eigenvalue weighted by atomic mass is 9.78. The molecule has 0 saturated heterocycles. The summed E-state index contributed by atoms with van der Waals surface area (Å²) in [6.07, 6.45) is 4.03. The molecular formula is C14H19N3. The normalized spacial score (nSPS) is 18.2. The number of fused-ring (bicyclic) bond motifs is 1. The molecule has 0 amide bonds. The summed E-state index contributed by atoms with van der Waals surface area (Å²) < 4.78 is 1.99. The van der Waals surface area contributed by atoms with Crippen LogP contribution in [-0.4, -0.2) is 16.8 Å². The molecule has 1 aliphatic carbocycles. The molecular weight excluding hydrogens is 210 g/mol. The van der Waals surface area contributed by atoms with Crippen molar-refractivity contribution in [2.45, 2.75) is 25.3 Å². The average molecular weight is 229 g/mol. The summed E-state index contributed by atoms with van der Waals surface area (Å²) in [6.45, 7) is 0. The maximum absolute atomic E-state index is 4.72. The van der Waals surface area contributed by atoms with Gasteiger partial charge in [0.25, 0.3) is 0 Å². The largest absolute Gasteiger partial charge is 0.311 e. The minimum absolute atomic E-state index is 0.412. The summed E-state index contributed by atoms with van der Waals surface area (Å²) in [5, 5.41) is 9.46. The number of benzene rings is 1. The summed E-state index contributed by atoms with van der Waals surface area (Å²) in [7, 11) is 4.08. The van der Waals surface area contributed by atoms with Crippen molar-refractivity contribution in [1.82, 2.24) is 15.1 Å². The van der Waals surface area contributed by atoms with Gasteiger partial charge in [-0.2, -0.15) is 5.10 Å². The zero-order valence-corrected chi connectivity index (χ0v) is 10.5. The Balaban J connectivity index is 2.09. The topological polar surface area (TPSA) is 29.9 Å². The van der Waals surface area contributed by atoms with E-state index < -0.39 is 0 Å². The van der Waals surface area contributed by atoms with Gasteiger partial charge < -0.3 is 5.32 Å². The van der Waals surface area contributed by atoms with Gasteiger partial charge in [0.05, 0.1) is 17.3 Å². The Morgan fingerprint density at radius 1 is 1.35 bits per heavy atom. The third kappa shape index (κ3) is 1.65. The second-order valence-electron chi connectivity index (χ2n) is 4.98. The molecule has 3 nitrogen and oxygen atoms in total. The van der Waals surface area contributed by atoms with E-state index in [0.29, 0.717) is 6.04 Å². The van der Waals surface area contributed by atoms with Crippen LogP contribution < -0.4 is 5.32 Å². The fraction of sp³-hybridized carbons (Fsp3) is 0.500. The first-order chi connectivity index (χ1) is 8.31. The average Bonchev–Trinajstić information content (AvgIpc) is 2.62. The second kappa shape index (κ2) is 4.15. The number of rotatable bonds is 3. The Labute approximate surface area is 102 Å². The monoisotopic (exact) mass is 229 g/mol. The summed E-state index contributed by atoms with van der Waals surface area (Å²) in [4.78, 5) is 0. The number of aromatic nitrogens is 2. The minimum Gasteiger partial charge on any atom is -0.311 e. The number of aryl methyl sites for hydroxylation is 1. The van der Waals surface area contributed by atoms with E-state index in [1.807, 2.05) is 18.8 Å². The zero-order chi connectivity index (χ0) is 11.8. The molecule has 1 atom stereocenters. The highest BCUT2D eigenvalue weighted by Gasteiger charge is 2.30. The van der Waals surface area contributed by atoms with Crippen LogP contribution in [0.5, 0.6) is 0 Å². The van der Waals surface area contributed by atoms with Crippen molar-refractivity contribution in [3.63, 3.8) is 0 Å². The third-order valence-corrected chi connectivity index (χ3v) is 4.01. The quantitative estimate of drug-likeness (QED) is 0.877. The molecule has 0 radical (unpaired) electrons. The molecule has 3 rings (SSSR count). The Morgan fingerprint density at radius 3 is 2.76 bits per heavy atom. The highest BCUT2D eigenvalue weighted by atomic mass is 15.3. The predicted octanol–water partition coefficient (Wildman–Crippen LogP) is 2.63. The van der Waals surface area contributed by atoms with Gasteiger partial charge in [0, 0.05) is 12.4 Å². The summed E-state index contributed by atoms with van der Waals surface area (Å²) in [6, 6.07) is 8.90. The first-order valence-electron chi connectivity index (χ1n) is 6.40. The Hall–Kier alpha value is -1.35. The lowest BCUT2D eigenvalue weighted by Crippen LogP contribution is -2.30. The van der Waals surface area contributed by atoms with Crippen molar-refractivity contribution >= 4 is 10.9 Å². The molecule has 1 aromatic heterocycles. The molecule has 0 bridgehead atoms. The summed E-state index contributed by atoms with van der Waals surface area (Å²) >= 11 is 0. The molecule has 2 aromatic rings. The fourth-order valence-corrected chi connectivity index (χ4v) is 2.84. The van der Waals surface area contributed by atoms with Gasteiger partial charge >= 0.3 is 0 Å². The van der Waals surface area contributed by atoms with Crippen molar-refractivity contribution in [2.75, 3.05) is 7.05 Å². The molecule has 1 unspecified atom stereocenters. The van der Waals surface area contributed by atoms with Crippen LogP contribution in [0.15, 0.2) is 24.3 Å². The van der Waals surface area contributed by atoms with Gasteiger partial charge in [-0.1, -0.05) is 24.6 Å². The van der Waals surface area contributed by atoms with E-state index >= 15 is 0 Å². The van der Waals surface area contributed by atoms with Crippen molar-refractivity contribution in [1.29, 1.82) is 0 Å². The zero-order valence-electron chi connectivity index (χ0n) is 10.5. The lowest BCUT2D eigenvalue weighted by molar-refractivity contribution is 0.236. The standard InChI is InChI=1S/C14H19N3/c1-15-13(10-6-5-7-10)14-11-8-3-4-9-12(11)17(2)16-14/h3-4,8-10,13,15H,5-7H2,1-2H3. The van der Waals surface area contributed by atoms with Crippen LogP contribution in [0.1, 0.15) is 31.0 Å². The lowest BCUT2D eigenvalue weighted by Gasteiger charge is -2.32. The van der Waals surface area contributed by atoms with Gasteiger partial charge in [-0.15, -0.1) is 0 Å². The van der Waals surface area contributed by atoms with E-state index in [0.717, 1.165) is 5.92 Å². The van der Waals surface area contributed by atoms with Gasteiger partial charge in [0.2, 0.25) is 0 Å². The first-order valence-corrected chi connectivity index (χ1v) is 6.40. The Bertz CT molecular complexity index is 525. The summed E-state index contributed by atoms with van der Waals surface area (Å²) in [5.74, 6) is 0.762. The van der Waals surface area contributed by atoms with Crippen LogP contribution in [-0.2, 0) is 7.05 Å². The van der Waals surface area contributed by atoms with E-state index in [-0.39, 0.29) is 0 Å². The van der Waals surface area contributed by atoms with Gasteiger partial charge in [-0.05, 0) is 31.9 Å². The Morgan fingerprint density at radius 2 is 2.12 bits per heavy atom. The highest BCUT2D eigenvalue weighted by Crippen LogP contribution is 2.39. The third-order valence-electron chi connectivity index (χ3n) is 4.01. The van der Waals surface area contributed by atoms with Crippen molar-refractivity contribution in [2.24, 2.45) is 13.0 Å². The van der Waals surface area contributed by atoms with E-state index in [2.05, 4.69) is 29.6 Å². The van der Waals surface area contributed by atoms with Crippen LogP contribution in [0.25, 0.3) is 10.9 Å². The van der Waals surface area contributed by atoms with Gasteiger partial charge in [-0.25, -0.2) is 0 Å². The molecule has 1 N–H and O–H groups in total. The molecule has 17 heavy (non-hydrogen) atoms. The van der Waals surface area contributed by atoms with Crippen LogP contribution >= 0.6 is 0 Å². The SMILES string of the molecule is CNC(c1nn(C)c2ccccc12)C1CCC1. The molecule has 0 aliphatic heterocycles. The van der Waals surface area contributed by atoms with Crippen LogP contribution in [0, 0.1) is 5.92 Å². The molecule has 1 aromatic carbocycles. The smallest absolute Gasteiger partial charge is 0.0875 e. The van der Waals surface area contributed by atoms with Crippen molar-refractivity contribution in [3.05, 3.63) is 30.0 Å². The van der Waals surface area contributed by atoms with E-state index in [1.165, 1.54) is 35.9 Å². The van der Waals surface area contributed by atoms with E-state index in [4.69, 9.17) is 5.10 Å². The Kier molecular flexibility index (Phi) is 2.63. The molecule has 1 aliphatic rings. The molecule has 90 valence electrons. The summed E-state index contributed by atoms with van der Waals surface area (Å²) in [5.41, 5.74) is 2.44. The maximum Gasteiger partial charge on any atom is 0.0875 e. The number of hydrogen-bond donors (Lipinski definition) is 1. The van der Waals surface area contributed by atoms with Gasteiger partial charge in [0.1, 0.15) is 0 Å². The molecule has 1 saturated carbocycles.